The maximum absolute atomic E-state index is 12.4. The Morgan fingerprint density at radius 3 is 2.77 bits per heavy atom. The van der Waals surface area contributed by atoms with Crippen molar-refractivity contribution in [3.63, 3.8) is 0 Å². The van der Waals surface area contributed by atoms with Crippen LogP contribution in [0.4, 0.5) is 0 Å². The second kappa shape index (κ2) is 7.47. The number of aliphatic hydroxyl groups excluding tert-OH is 1. The van der Waals surface area contributed by atoms with Crippen LogP contribution in [-0.2, 0) is 14.4 Å². The van der Waals surface area contributed by atoms with Crippen molar-refractivity contribution in [1.29, 1.82) is 0 Å². The number of hydrogen-bond donors (Lipinski definition) is 1. The molecule has 0 aromatic rings. The number of esters is 1. The van der Waals surface area contributed by atoms with Crippen molar-refractivity contribution in [1.82, 2.24) is 0 Å². The van der Waals surface area contributed by atoms with Gasteiger partial charge in [-0.2, -0.15) is 0 Å². The first-order valence-corrected chi connectivity index (χ1v) is 8.07. The van der Waals surface area contributed by atoms with Crippen LogP contribution in [0.25, 0.3) is 0 Å². The Hall–Kier alpha value is -1.78. The van der Waals surface area contributed by atoms with Crippen LogP contribution in [0.1, 0.15) is 58.3 Å². The average Bonchev–Trinajstić information content (AvgIpc) is 2.47. The maximum Gasteiger partial charge on any atom is 0.344 e. The number of hydrogen-bond acceptors (Lipinski definition) is 5. The lowest BCUT2D eigenvalue weighted by molar-refractivity contribution is -0.161. The molecule has 1 heterocycles. The number of ether oxygens (including phenoxy) is 1. The summed E-state index contributed by atoms with van der Waals surface area (Å²) in [5.41, 5.74) is 0.127. The predicted octanol–water partition coefficient (Wildman–Crippen LogP) is 3.81. The molecule has 0 aromatic carbocycles. The molecular weight excluding hydrogens is 282 g/mol. The van der Waals surface area contributed by atoms with E-state index in [1.807, 2.05) is 6.92 Å². The van der Waals surface area contributed by atoms with E-state index in [9.17, 15) is 9.90 Å². The smallest absolute Gasteiger partial charge is 0.344 e. The van der Waals surface area contributed by atoms with Crippen LogP contribution in [0, 0.1) is 0 Å². The van der Waals surface area contributed by atoms with Gasteiger partial charge in [-0.3, -0.25) is 0 Å². The van der Waals surface area contributed by atoms with Crippen molar-refractivity contribution >= 4 is 11.7 Å². The molecule has 0 atom stereocenters. The molecule has 2 aliphatic rings. The minimum absolute atomic E-state index is 0.0903. The van der Waals surface area contributed by atoms with E-state index in [-0.39, 0.29) is 17.9 Å². The van der Waals surface area contributed by atoms with E-state index in [0.29, 0.717) is 18.6 Å². The van der Waals surface area contributed by atoms with Crippen molar-refractivity contribution in [3.05, 3.63) is 24.0 Å². The van der Waals surface area contributed by atoms with Crippen LogP contribution < -0.4 is 0 Å². The molecule has 1 fully saturated rings. The van der Waals surface area contributed by atoms with Crippen LogP contribution in [0.2, 0.25) is 0 Å². The molecular formula is C17H25NO4. The molecule has 1 aliphatic carbocycles. The summed E-state index contributed by atoms with van der Waals surface area (Å²) in [4.78, 5) is 17.5. The largest absolute Gasteiger partial charge is 0.511 e. The molecule has 0 bridgehead atoms. The van der Waals surface area contributed by atoms with Crippen LogP contribution in [0.15, 0.2) is 29.1 Å². The highest BCUT2D eigenvalue weighted by atomic mass is 16.6. The van der Waals surface area contributed by atoms with Crippen LogP contribution in [0.5, 0.6) is 0 Å². The molecule has 0 radical (unpaired) electrons. The zero-order chi connectivity index (χ0) is 16.0. The van der Waals surface area contributed by atoms with Gasteiger partial charge in [0.1, 0.15) is 23.5 Å². The molecule has 0 unspecified atom stereocenters. The van der Waals surface area contributed by atoms with E-state index in [2.05, 4.69) is 11.7 Å². The lowest BCUT2D eigenvalue weighted by Gasteiger charge is -2.39. The average molecular weight is 307 g/mol. The summed E-state index contributed by atoms with van der Waals surface area (Å²) in [5.74, 6) is -0.382. The Morgan fingerprint density at radius 2 is 2.18 bits per heavy atom. The monoisotopic (exact) mass is 307 g/mol. The molecule has 0 aromatic heterocycles. The Morgan fingerprint density at radius 1 is 1.45 bits per heavy atom. The molecule has 1 aliphatic heterocycles. The highest BCUT2D eigenvalue weighted by Gasteiger charge is 2.43. The summed E-state index contributed by atoms with van der Waals surface area (Å²) in [5, 5.41) is 14.4. The highest BCUT2D eigenvalue weighted by Crippen LogP contribution is 2.40. The lowest BCUT2D eigenvalue weighted by atomic mass is 9.79. The summed E-state index contributed by atoms with van der Waals surface area (Å²) in [6.45, 7) is 5.80. The SMILES string of the molecule is C=CCO/N=C(\CCC)C1=C(O)CC2(CCCCC2)OC1=O. The minimum atomic E-state index is -0.512. The summed E-state index contributed by atoms with van der Waals surface area (Å²) in [6, 6.07) is 0. The molecule has 0 saturated heterocycles. The fraction of sp³-hybridized carbons (Fsp3) is 0.647. The summed E-state index contributed by atoms with van der Waals surface area (Å²) < 4.78 is 5.72. The topological polar surface area (TPSA) is 68.1 Å². The third-order valence-electron chi connectivity index (χ3n) is 4.20. The third-order valence-corrected chi connectivity index (χ3v) is 4.20. The van der Waals surface area contributed by atoms with Gasteiger partial charge in [0.25, 0.3) is 0 Å². The molecule has 0 amide bonds. The Balaban J connectivity index is 2.23. The zero-order valence-corrected chi connectivity index (χ0v) is 13.3. The maximum atomic E-state index is 12.4. The van der Waals surface area contributed by atoms with Crippen LogP contribution in [-0.4, -0.2) is 29.0 Å². The van der Waals surface area contributed by atoms with Gasteiger partial charge in [0.05, 0.1) is 5.71 Å². The molecule has 1 spiro atoms. The predicted molar refractivity (Wildman–Crippen MR) is 84.7 cm³/mol. The highest BCUT2D eigenvalue weighted by molar-refractivity contribution is 6.20. The van der Waals surface area contributed by atoms with E-state index in [0.717, 1.165) is 38.5 Å². The second-order valence-electron chi connectivity index (χ2n) is 6.00. The Labute approximate surface area is 131 Å². The van der Waals surface area contributed by atoms with E-state index in [1.165, 1.54) is 0 Å². The van der Waals surface area contributed by atoms with Gasteiger partial charge in [0.15, 0.2) is 0 Å². The molecule has 1 saturated carbocycles. The van der Waals surface area contributed by atoms with E-state index in [1.54, 1.807) is 6.08 Å². The van der Waals surface area contributed by atoms with Gasteiger partial charge < -0.3 is 14.7 Å². The van der Waals surface area contributed by atoms with Gasteiger partial charge in [-0.1, -0.05) is 37.6 Å². The van der Waals surface area contributed by atoms with E-state index in [4.69, 9.17) is 9.57 Å². The van der Waals surface area contributed by atoms with Gasteiger partial charge in [-0.05, 0) is 32.1 Å². The Kier molecular flexibility index (Phi) is 5.63. The quantitative estimate of drug-likeness (QED) is 0.266. The zero-order valence-electron chi connectivity index (χ0n) is 13.3. The van der Waals surface area contributed by atoms with E-state index >= 15 is 0 Å². The van der Waals surface area contributed by atoms with Crippen molar-refractivity contribution in [2.45, 2.75) is 63.9 Å². The molecule has 1 N–H and O–H groups in total. The van der Waals surface area contributed by atoms with Gasteiger partial charge in [-0.25, -0.2) is 4.79 Å². The summed E-state index contributed by atoms with van der Waals surface area (Å²) in [6.07, 6.45) is 8.20. The van der Waals surface area contributed by atoms with Crippen LogP contribution >= 0.6 is 0 Å². The number of oxime groups is 1. The Bertz CT molecular complexity index is 487. The molecule has 5 nitrogen and oxygen atoms in total. The number of carbonyl (C=O) groups is 1. The molecule has 5 heteroatoms. The number of carbonyl (C=O) groups excluding carboxylic acids is 1. The van der Waals surface area contributed by atoms with Crippen molar-refractivity contribution in [2.24, 2.45) is 5.16 Å². The normalized spacial score (nSPS) is 21.7. The fourth-order valence-corrected chi connectivity index (χ4v) is 3.18. The molecule has 2 rings (SSSR count). The van der Waals surface area contributed by atoms with Gasteiger partial charge >= 0.3 is 5.97 Å². The van der Waals surface area contributed by atoms with Crippen LogP contribution in [0.3, 0.4) is 0 Å². The second-order valence-corrected chi connectivity index (χ2v) is 6.00. The molecule has 22 heavy (non-hydrogen) atoms. The molecule has 122 valence electrons. The van der Waals surface area contributed by atoms with E-state index < -0.39 is 11.6 Å². The minimum Gasteiger partial charge on any atom is -0.511 e. The number of rotatable bonds is 6. The first-order valence-electron chi connectivity index (χ1n) is 8.07. The first kappa shape index (κ1) is 16.6. The first-order chi connectivity index (χ1) is 10.6. The summed E-state index contributed by atoms with van der Waals surface area (Å²) >= 11 is 0. The van der Waals surface area contributed by atoms with Gasteiger partial charge in [0, 0.05) is 6.42 Å². The van der Waals surface area contributed by atoms with Crippen molar-refractivity contribution in [2.75, 3.05) is 6.61 Å². The lowest BCUT2D eigenvalue weighted by Crippen LogP contribution is -2.43. The van der Waals surface area contributed by atoms with Crippen molar-refractivity contribution < 1.29 is 19.5 Å². The number of aliphatic hydroxyl groups is 1. The van der Waals surface area contributed by atoms with Gasteiger partial charge in [0.2, 0.25) is 0 Å². The summed E-state index contributed by atoms with van der Waals surface area (Å²) in [7, 11) is 0. The number of nitrogens with zero attached hydrogens (tertiary/aromatic N) is 1. The van der Waals surface area contributed by atoms with Gasteiger partial charge in [-0.15, -0.1) is 0 Å². The third kappa shape index (κ3) is 3.70. The van der Waals surface area contributed by atoms with Crippen molar-refractivity contribution in [3.8, 4) is 0 Å². The standard InChI is InChI=1S/C17H25NO4/c1-3-8-13(18-21-11-4-2)15-14(19)12-17(22-16(15)20)9-6-5-7-10-17/h4,19H,2-3,5-12H2,1H3/b18-13+. The fourth-order valence-electron chi connectivity index (χ4n) is 3.18.